The third-order valence-corrected chi connectivity index (χ3v) is 5.79. The Morgan fingerprint density at radius 1 is 1.46 bits per heavy atom. The molecule has 0 radical (unpaired) electrons. The molecule has 1 saturated carbocycles. The molecule has 138 valence electrons. The standard InChI is InChI=1S/C15H27N5O2S.HI/c1-4-23(21)13-7-5-6-12(10-13)19-15(16-3)17-9-8-14-18-11(2)20-22-14;/h12-13H,4-10H2,1-3H3,(H2,16,17,19);1H. The first-order valence-corrected chi connectivity index (χ1v) is 9.64. The van der Waals surface area contributed by atoms with E-state index < -0.39 is 10.8 Å². The molecule has 1 aromatic heterocycles. The van der Waals surface area contributed by atoms with Crippen LogP contribution in [0, 0.1) is 6.92 Å². The van der Waals surface area contributed by atoms with E-state index in [4.69, 9.17) is 4.52 Å². The van der Waals surface area contributed by atoms with Crippen LogP contribution in [0.15, 0.2) is 9.52 Å². The second-order valence-electron chi connectivity index (χ2n) is 5.78. The van der Waals surface area contributed by atoms with Crippen molar-refractivity contribution in [3.05, 3.63) is 11.7 Å². The van der Waals surface area contributed by atoms with Crippen LogP contribution in [-0.2, 0) is 17.2 Å². The minimum absolute atomic E-state index is 0. The smallest absolute Gasteiger partial charge is 0.228 e. The van der Waals surface area contributed by atoms with Gasteiger partial charge in [-0.15, -0.1) is 24.0 Å². The van der Waals surface area contributed by atoms with Gasteiger partial charge in [-0.2, -0.15) is 4.98 Å². The summed E-state index contributed by atoms with van der Waals surface area (Å²) in [5, 5.41) is 10.8. The highest BCUT2D eigenvalue weighted by molar-refractivity contribution is 14.0. The van der Waals surface area contributed by atoms with Gasteiger partial charge in [-0.1, -0.05) is 18.5 Å². The van der Waals surface area contributed by atoms with Crippen LogP contribution in [-0.4, -0.2) is 50.9 Å². The van der Waals surface area contributed by atoms with Crippen LogP contribution in [0.1, 0.15) is 44.3 Å². The number of rotatable bonds is 6. The normalized spacial score (nSPS) is 22.5. The topological polar surface area (TPSA) is 92.4 Å². The largest absolute Gasteiger partial charge is 0.356 e. The summed E-state index contributed by atoms with van der Waals surface area (Å²) in [6.07, 6.45) is 4.90. The maximum atomic E-state index is 12.0. The molecular weight excluding hydrogens is 441 g/mol. The van der Waals surface area contributed by atoms with Crippen molar-refractivity contribution in [3.8, 4) is 0 Å². The summed E-state index contributed by atoms with van der Waals surface area (Å²) in [6, 6.07) is 0.334. The van der Waals surface area contributed by atoms with Gasteiger partial charge in [-0.05, 0) is 26.2 Å². The summed E-state index contributed by atoms with van der Waals surface area (Å²) < 4.78 is 17.1. The number of aryl methyl sites for hydroxylation is 1. The van der Waals surface area contributed by atoms with Crippen molar-refractivity contribution in [2.45, 2.75) is 57.2 Å². The first-order valence-electron chi connectivity index (χ1n) is 8.26. The van der Waals surface area contributed by atoms with Gasteiger partial charge in [-0.25, -0.2) is 0 Å². The third-order valence-electron chi connectivity index (χ3n) is 4.05. The van der Waals surface area contributed by atoms with Crippen molar-refractivity contribution in [2.75, 3.05) is 19.3 Å². The molecule has 1 heterocycles. The zero-order chi connectivity index (χ0) is 16.7. The van der Waals surface area contributed by atoms with E-state index in [9.17, 15) is 4.21 Å². The Labute approximate surface area is 163 Å². The summed E-state index contributed by atoms with van der Waals surface area (Å²) in [4.78, 5) is 8.44. The average Bonchev–Trinajstić information content (AvgIpc) is 2.98. The van der Waals surface area contributed by atoms with Gasteiger partial charge in [-0.3, -0.25) is 9.20 Å². The van der Waals surface area contributed by atoms with E-state index in [1.54, 1.807) is 14.0 Å². The fourth-order valence-electron chi connectivity index (χ4n) is 2.87. The van der Waals surface area contributed by atoms with Gasteiger partial charge >= 0.3 is 0 Å². The van der Waals surface area contributed by atoms with Crippen LogP contribution in [0.3, 0.4) is 0 Å². The van der Waals surface area contributed by atoms with E-state index >= 15 is 0 Å². The lowest BCUT2D eigenvalue weighted by molar-refractivity contribution is 0.374. The Morgan fingerprint density at radius 2 is 2.25 bits per heavy atom. The summed E-state index contributed by atoms with van der Waals surface area (Å²) in [7, 11) is 1.05. The van der Waals surface area contributed by atoms with Crippen molar-refractivity contribution >= 4 is 40.7 Å². The molecule has 0 aromatic carbocycles. The van der Waals surface area contributed by atoms with Gasteiger partial charge in [0.05, 0.1) is 0 Å². The molecule has 24 heavy (non-hydrogen) atoms. The molecule has 3 unspecified atom stereocenters. The highest BCUT2D eigenvalue weighted by atomic mass is 127. The summed E-state index contributed by atoms with van der Waals surface area (Å²) in [6.45, 7) is 4.48. The van der Waals surface area contributed by atoms with Crippen LogP contribution in [0.25, 0.3) is 0 Å². The lowest BCUT2D eigenvalue weighted by atomic mass is 9.95. The van der Waals surface area contributed by atoms with Crippen molar-refractivity contribution in [1.82, 2.24) is 20.8 Å². The van der Waals surface area contributed by atoms with Crippen LogP contribution in [0.4, 0.5) is 0 Å². The molecule has 0 aliphatic heterocycles. The lowest BCUT2D eigenvalue weighted by Crippen LogP contribution is -2.47. The molecule has 2 N–H and O–H groups in total. The maximum absolute atomic E-state index is 12.0. The number of nitrogens with one attached hydrogen (secondary N) is 2. The fourth-order valence-corrected chi connectivity index (χ4v) is 4.22. The molecule has 0 spiro atoms. The first kappa shape index (κ1) is 21.3. The van der Waals surface area contributed by atoms with E-state index in [1.165, 1.54) is 0 Å². The van der Waals surface area contributed by atoms with Gasteiger partial charge < -0.3 is 15.2 Å². The molecule has 3 atom stereocenters. The Kier molecular flexibility index (Phi) is 9.79. The van der Waals surface area contributed by atoms with Gasteiger partial charge in [0, 0.05) is 47.9 Å². The Hall–Kier alpha value is -0.710. The monoisotopic (exact) mass is 469 g/mol. The molecule has 1 aliphatic rings. The third kappa shape index (κ3) is 6.66. The quantitative estimate of drug-likeness (QED) is 0.375. The summed E-state index contributed by atoms with van der Waals surface area (Å²) in [5.41, 5.74) is 0. The van der Waals surface area contributed by atoms with Crippen molar-refractivity contribution < 1.29 is 8.73 Å². The number of halogens is 1. The van der Waals surface area contributed by atoms with Crippen LogP contribution < -0.4 is 10.6 Å². The molecule has 0 bridgehead atoms. The SMILES string of the molecule is CCS(=O)C1CCCC(NC(=NC)NCCc2nc(C)no2)C1.I. The molecule has 9 heteroatoms. The molecule has 1 fully saturated rings. The van der Waals surface area contributed by atoms with Crippen molar-refractivity contribution in [3.63, 3.8) is 0 Å². The molecular formula is C15H28IN5O2S. The Balaban J connectivity index is 0.00000288. The van der Waals surface area contributed by atoms with Crippen molar-refractivity contribution in [1.29, 1.82) is 0 Å². The van der Waals surface area contributed by atoms with Gasteiger partial charge in [0.15, 0.2) is 11.8 Å². The summed E-state index contributed by atoms with van der Waals surface area (Å²) >= 11 is 0. The minimum atomic E-state index is -0.707. The number of aromatic nitrogens is 2. The summed E-state index contributed by atoms with van der Waals surface area (Å²) in [5.74, 6) is 2.80. The zero-order valence-electron chi connectivity index (χ0n) is 14.6. The van der Waals surface area contributed by atoms with Crippen molar-refractivity contribution in [2.24, 2.45) is 4.99 Å². The van der Waals surface area contributed by atoms with E-state index in [2.05, 4.69) is 25.8 Å². The number of nitrogens with zero attached hydrogens (tertiary/aromatic N) is 3. The van der Waals surface area contributed by atoms with Gasteiger partial charge in [0.25, 0.3) is 0 Å². The second kappa shape index (κ2) is 11.0. The predicted octanol–water partition coefficient (Wildman–Crippen LogP) is 1.78. The molecule has 1 aromatic rings. The Morgan fingerprint density at radius 3 is 2.88 bits per heavy atom. The lowest BCUT2D eigenvalue weighted by Gasteiger charge is -2.30. The number of guanidine groups is 1. The molecule has 1 aliphatic carbocycles. The molecule has 0 saturated heterocycles. The van der Waals surface area contributed by atoms with E-state index in [0.717, 1.165) is 37.4 Å². The second-order valence-corrected chi connectivity index (χ2v) is 7.79. The van der Waals surface area contributed by atoms with E-state index in [1.807, 2.05) is 6.92 Å². The van der Waals surface area contributed by atoms with Crippen LogP contribution in [0.2, 0.25) is 0 Å². The van der Waals surface area contributed by atoms with Crippen LogP contribution in [0.5, 0.6) is 0 Å². The minimum Gasteiger partial charge on any atom is -0.356 e. The number of aliphatic imine (C=N–C) groups is 1. The van der Waals surface area contributed by atoms with E-state index in [0.29, 0.717) is 36.0 Å². The average molecular weight is 469 g/mol. The maximum Gasteiger partial charge on any atom is 0.228 e. The fraction of sp³-hybridized carbons (Fsp3) is 0.800. The van der Waals surface area contributed by atoms with E-state index in [-0.39, 0.29) is 24.0 Å². The molecule has 7 nitrogen and oxygen atoms in total. The van der Waals surface area contributed by atoms with Crippen LogP contribution >= 0.6 is 24.0 Å². The molecule has 0 amide bonds. The molecule has 2 rings (SSSR count). The highest BCUT2D eigenvalue weighted by Gasteiger charge is 2.25. The Bertz CT molecular complexity index is 552. The zero-order valence-corrected chi connectivity index (χ0v) is 17.7. The number of hydrogen-bond donors (Lipinski definition) is 2. The van der Waals surface area contributed by atoms with Gasteiger partial charge in [0.1, 0.15) is 0 Å². The number of hydrogen-bond acceptors (Lipinski definition) is 5. The van der Waals surface area contributed by atoms with Gasteiger partial charge in [0.2, 0.25) is 5.89 Å². The predicted molar refractivity (Wildman–Crippen MR) is 107 cm³/mol. The highest BCUT2D eigenvalue weighted by Crippen LogP contribution is 2.22. The first-order chi connectivity index (χ1) is 11.1.